The molecule has 21 nitrogen and oxygen atoms in total. The van der Waals surface area contributed by atoms with Crippen LogP contribution in [0.15, 0.2) is 169 Å². The van der Waals surface area contributed by atoms with Crippen LogP contribution >= 0.6 is 0 Å². The first-order chi connectivity index (χ1) is 98.1. The zero-order chi connectivity index (χ0) is 169. The van der Waals surface area contributed by atoms with E-state index in [4.69, 9.17) is 110 Å². The molecule has 0 spiro atoms. The van der Waals surface area contributed by atoms with Gasteiger partial charge in [0.1, 0.15) is 40.2 Å². The molecule has 0 radical (unpaired) electrons. The molecule has 140 heavy (non-hydrogen) atoms. The van der Waals surface area contributed by atoms with Gasteiger partial charge in [-0.3, -0.25) is 0 Å². The number of aliphatic hydroxyl groups is 7. The summed E-state index contributed by atoms with van der Waals surface area (Å²) in [6.07, 6.45) is 15.9. The number of hydrogen-bond donors (Lipinski definition) is 7. The fourth-order valence-electron chi connectivity index (χ4n) is 18.8. The van der Waals surface area contributed by atoms with Crippen LogP contribution in [0.1, 0.15) is 412 Å². The van der Waals surface area contributed by atoms with Crippen LogP contribution < -0.4 is 33.2 Å². The first kappa shape index (κ1) is 48.5. The monoisotopic (exact) mass is 2020 g/mol. The van der Waals surface area contributed by atoms with E-state index in [0.29, 0.717) is 127 Å². The predicted octanol–water partition coefficient (Wildman–Crippen LogP) is 21.2. The van der Waals surface area contributed by atoms with Crippen molar-refractivity contribution in [2.45, 2.75) is 305 Å². The predicted molar refractivity (Wildman–Crippen MR) is 576 cm³/mol. The van der Waals surface area contributed by atoms with Gasteiger partial charge in [0.15, 0.2) is 0 Å². The van der Waals surface area contributed by atoms with E-state index in [-0.39, 0.29) is 109 Å². The van der Waals surface area contributed by atoms with E-state index < -0.39 is 437 Å². The maximum absolute atomic E-state index is 11.5. The summed E-state index contributed by atoms with van der Waals surface area (Å²) >= 11 is 0. The normalized spacial score (nSPS) is 29.9. The van der Waals surface area contributed by atoms with E-state index in [9.17, 15) is 37.1 Å². The Morgan fingerprint density at radius 2 is 0.400 bits per heavy atom. The van der Waals surface area contributed by atoms with Crippen molar-refractivity contribution in [3.8, 4) is 40.2 Å². The average Bonchev–Trinajstić information content (AvgIpc) is 0.703. The Balaban J connectivity index is 0.000000301. The standard InChI is InChI=1S/7C17H27NO2/c7*1-18(2)13-16(17(19)11-5-4-6-12-17)14-7-9-15(20-3)10-8-14/h7*7-10,16,19H,4-6,11-13H2,1-3H3/i1D3,2D3,3D3,7D,8D,9D,10D,13D2;1D3,3D3,7D,8D,9D,10D,16D;1D3,3D3,7D,8D,9D,10D,13D2;1D3,2D3,3D3,7D,8D,9D,10D;3D3,7D,8D,9D,10D,16D;3D3,7D,8D,9D,10D,13D2;1D3,3D3,7D,8D,9D,10D. The Labute approximate surface area is 956 Å². The third-order valence-electron chi connectivity index (χ3n) is 25.8. The molecule has 7 saturated carbocycles. The number of benzene rings is 7. The first-order valence-electron chi connectivity index (χ1n) is 85.8. The van der Waals surface area contributed by atoms with Crippen LogP contribution in [0.5, 0.6) is 40.2 Å². The molecule has 7 aromatic carbocycles. The molecule has 7 fully saturated rings. The molecule has 0 aliphatic heterocycles. The Kier molecular flexibility index (Phi) is 20.3. The number of rotatable bonds is 35. The molecule has 0 saturated heterocycles. The highest BCUT2D eigenvalue weighted by atomic mass is 16.5. The van der Waals surface area contributed by atoms with Crippen molar-refractivity contribution in [1.29, 1.82) is 0 Å². The molecule has 0 aromatic heterocycles. The van der Waals surface area contributed by atoms with Crippen molar-refractivity contribution in [2.75, 3.05) is 193 Å². The molecule has 14 rings (SSSR count). The second-order valence-electron chi connectivity index (χ2n) is 37.0. The first-order valence-corrected chi connectivity index (χ1v) is 46.8. The minimum atomic E-state index is -3.54. The van der Waals surface area contributed by atoms with Gasteiger partial charge in [0, 0.05) is 127 Å². The Morgan fingerprint density at radius 3 is 0.614 bits per heavy atom. The van der Waals surface area contributed by atoms with Crippen molar-refractivity contribution in [1.82, 2.24) is 34.3 Å². The van der Waals surface area contributed by atoms with Crippen LogP contribution in [0.25, 0.3) is 0 Å². The highest BCUT2D eigenvalue weighted by Gasteiger charge is 2.46. The SMILES string of the molecule is [2H]c1c([2H])c(C(C2(O)CCCCC2)C([2H])([2H])N(C([2H])([2H])[2H])C([2H])([2H])[2H])c([2H])c([2H])c1OC([2H])([2H])[2H].[2H]c1c([2H])c(C(C2(O)CCCCC2)C([2H])([2H])N(C)C([2H])([2H])[2H])c([2H])c([2H])c1OC([2H])([2H])[2H].[2H]c1c([2H])c(C(C2(O)CCCCC2)C([2H])([2H])N(C)C)c([2H])c([2H])c1OC([2H])([2H])[2H].[2H]c1c([2H])c(C(CN(C([2H])([2H])[2H])C([2H])([2H])[2H])C2(O)CCCCC2)c([2H])c([2H])c1OC([2H])([2H])[2H].[2H]c1c([2H])c(C(CN(C)C([2H])([2H])[2H])C2(O)CCCCC2)c([2H])c([2H])c1OC([2H])([2H])[2H].[2H]c1c([2H])c(C([2H])(CN(C)C([2H])([2H])[2H])C2(O)CCCCC2)c([2H])c([2H])c1OC([2H])([2H])[2H].[2H]c1c([2H])c(C([2H])(CN(C)C)C2(O)CCCCC2)c([2H])c([2H])c1OC([2H])([2H])[2H]. The van der Waals surface area contributed by atoms with Gasteiger partial charge in [-0.1, -0.05) is 219 Å². The van der Waals surface area contributed by atoms with Crippen molar-refractivity contribution in [3.63, 3.8) is 0 Å². The minimum absolute atomic E-state index is 0.0143. The second-order valence-corrected chi connectivity index (χ2v) is 37.0. The molecular formula is C119H189N7O14. The van der Waals surface area contributed by atoms with Crippen LogP contribution in [0.2, 0.25) is 0 Å². The summed E-state index contributed by atoms with van der Waals surface area (Å²) in [6.45, 7) is -31.4. The smallest absolute Gasteiger partial charge is 0.118 e. The maximum Gasteiger partial charge on any atom is 0.118 e. The summed E-state index contributed by atoms with van der Waals surface area (Å²) in [5, 5.41) is 80.0. The number of ether oxygens (including phenoxy) is 7. The molecule has 7 atom stereocenters. The third kappa shape index (κ3) is 36.7. The van der Waals surface area contributed by atoms with E-state index >= 15 is 0 Å². The van der Waals surface area contributed by atoms with E-state index in [1.807, 2.05) is 0 Å². The molecule has 0 bridgehead atoms. The highest BCUT2D eigenvalue weighted by Crippen LogP contribution is 2.49. The summed E-state index contributed by atoms with van der Waals surface area (Å²) < 4.78 is 647. The average molecular weight is 2020 g/mol. The molecule has 7 N–H and O–H groups in total. The van der Waals surface area contributed by atoms with Crippen LogP contribution in [-0.2, 0) is 0 Å². The Hall–Kier alpha value is -7.42. The molecule has 7 unspecified atom stereocenters. The molecular weight excluding hydrogens is 1750 g/mol. The van der Waals surface area contributed by atoms with Crippen LogP contribution in [0.4, 0.5) is 0 Å². The summed E-state index contributed by atoms with van der Waals surface area (Å²) in [5.74, 6) is -17.3. The van der Waals surface area contributed by atoms with Crippen LogP contribution in [0.3, 0.4) is 0 Å². The lowest BCUT2D eigenvalue weighted by molar-refractivity contribution is -0.0280. The van der Waals surface area contributed by atoms with E-state index in [0.717, 1.165) is 55.4 Å². The van der Waals surface area contributed by atoms with Gasteiger partial charge in [-0.2, -0.15) is 0 Å². The molecule has 7 aliphatic carbocycles. The summed E-state index contributed by atoms with van der Waals surface area (Å²) in [7, 11) is -11.2. The lowest BCUT2D eigenvalue weighted by Crippen LogP contribution is -2.42. The van der Waals surface area contributed by atoms with Gasteiger partial charge in [0.05, 0.1) is 156 Å². The quantitative estimate of drug-likeness (QED) is 0.0196. The Bertz CT molecular complexity index is 8140. The van der Waals surface area contributed by atoms with Gasteiger partial charge in [-0.25, -0.2) is 0 Å². The number of methoxy groups -OCH3 is 7. The lowest BCUT2D eigenvalue weighted by Gasteiger charge is -2.40. The maximum atomic E-state index is 11.5. The number of likely N-dealkylation sites (N-methyl/N-ethyl adjacent to an activating group) is 7. The van der Waals surface area contributed by atoms with Crippen molar-refractivity contribution < 1.29 is 176 Å². The van der Waals surface area contributed by atoms with Gasteiger partial charge < -0.3 is 103 Å². The van der Waals surface area contributed by atoms with Gasteiger partial charge >= 0.3 is 0 Å². The van der Waals surface area contributed by atoms with Crippen molar-refractivity contribution in [3.05, 3.63) is 208 Å². The molecule has 21 heteroatoms. The summed E-state index contributed by atoms with van der Waals surface area (Å²) in [5.41, 5.74) is -14.8. The Morgan fingerprint density at radius 1 is 0.221 bits per heavy atom. The minimum Gasteiger partial charge on any atom is -0.497 e. The lowest BCUT2D eigenvalue weighted by atomic mass is 9.72. The van der Waals surface area contributed by atoms with Gasteiger partial charge in [0.25, 0.3) is 0 Å². The zero-order valence-electron chi connectivity index (χ0n) is 159. The third-order valence-corrected chi connectivity index (χ3v) is 25.8. The van der Waals surface area contributed by atoms with Crippen molar-refractivity contribution in [2.24, 2.45) is 0 Å². The van der Waals surface area contributed by atoms with E-state index in [1.54, 1.807) is 19.0 Å². The zero-order valence-corrected chi connectivity index (χ0v) is 80.6. The number of hydrogen-bond acceptors (Lipinski definition) is 21. The van der Waals surface area contributed by atoms with E-state index in [1.165, 1.54) is 33.1 Å². The topological polar surface area (TPSA) is 229 Å². The highest BCUT2D eigenvalue weighted by molar-refractivity contribution is 5.38. The van der Waals surface area contributed by atoms with Gasteiger partial charge in [0.2, 0.25) is 0 Å². The fraction of sp³-hybridized carbons (Fsp3) is 0.647. The molecule has 7 aliphatic rings. The molecule has 784 valence electrons. The second kappa shape index (κ2) is 58.7. The molecule has 0 heterocycles. The van der Waals surface area contributed by atoms with Gasteiger partial charge in [-0.15, -0.1) is 0 Å². The molecule has 0 amide bonds. The number of nitrogens with zero attached hydrogens (tertiary/aromatic N) is 7. The van der Waals surface area contributed by atoms with Crippen LogP contribution in [-0.4, -0.2) is 302 Å². The van der Waals surface area contributed by atoms with Crippen molar-refractivity contribution >= 4 is 0 Å². The molecule has 7 aromatic rings. The summed E-state index contributed by atoms with van der Waals surface area (Å²) in [6, 6.07) is -21.0. The van der Waals surface area contributed by atoms with Gasteiger partial charge in [-0.05, 0) is 312 Å². The fourth-order valence-corrected chi connectivity index (χ4v) is 18.8. The summed E-state index contributed by atoms with van der Waals surface area (Å²) in [4.78, 5) is 5.05. The van der Waals surface area contributed by atoms with Crippen LogP contribution in [0, 0.1) is 0 Å². The largest absolute Gasteiger partial charge is 0.497 e. The van der Waals surface area contributed by atoms with E-state index in [2.05, 4.69) is 28.4 Å².